The summed E-state index contributed by atoms with van der Waals surface area (Å²) in [5, 5.41) is 0. The van der Waals surface area contributed by atoms with Crippen molar-refractivity contribution in [2.24, 2.45) is 0 Å². The monoisotopic (exact) mass is 364 g/mol. The largest absolute Gasteiger partial charge is 0.419 e. The van der Waals surface area contributed by atoms with Crippen LogP contribution in [0.1, 0.15) is 22.3 Å². The fourth-order valence-electron chi connectivity index (χ4n) is 2.89. The SMILES string of the molecule is Fc1c(C(F)(F)F)ccc2c1CN(c1cnccc1C(F)(F)F)CC2. The van der Waals surface area contributed by atoms with Crippen molar-refractivity contribution in [1.29, 1.82) is 0 Å². The lowest BCUT2D eigenvalue weighted by atomic mass is 9.95. The van der Waals surface area contributed by atoms with E-state index in [1.165, 1.54) is 11.0 Å². The second kappa shape index (κ2) is 5.89. The maximum absolute atomic E-state index is 14.3. The average Bonchev–Trinajstić information content (AvgIpc) is 2.53. The van der Waals surface area contributed by atoms with Gasteiger partial charge in [-0.3, -0.25) is 4.98 Å². The Bertz CT molecular complexity index is 796. The van der Waals surface area contributed by atoms with E-state index < -0.39 is 29.3 Å². The Morgan fingerprint density at radius 1 is 0.920 bits per heavy atom. The van der Waals surface area contributed by atoms with Gasteiger partial charge in [0.1, 0.15) is 5.82 Å². The van der Waals surface area contributed by atoms with Crippen LogP contribution in [0.25, 0.3) is 0 Å². The molecule has 1 aliphatic heterocycles. The summed E-state index contributed by atoms with van der Waals surface area (Å²) in [6.45, 7) is -0.271. The highest BCUT2D eigenvalue weighted by atomic mass is 19.4. The van der Waals surface area contributed by atoms with Gasteiger partial charge in [-0.2, -0.15) is 26.3 Å². The number of alkyl halides is 6. The number of halogens is 7. The van der Waals surface area contributed by atoms with Crippen molar-refractivity contribution in [1.82, 2.24) is 4.98 Å². The molecule has 2 heterocycles. The number of aromatic nitrogens is 1. The van der Waals surface area contributed by atoms with Crippen molar-refractivity contribution in [2.75, 3.05) is 11.4 Å². The van der Waals surface area contributed by atoms with E-state index in [0.717, 1.165) is 18.5 Å². The number of benzene rings is 1. The second-order valence-corrected chi connectivity index (χ2v) is 5.62. The van der Waals surface area contributed by atoms with Crippen LogP contribution in [0.15, 0.2) is 30.6 Å². The molecule has 0 N–H and O–H groups in total. The maximum Gasteiger partial charge on any atom is 0.419 e. The molecule has 0 spiro atoms. The molecule has 25 heavy (non-hydrogen) atoms. The predicted molar refractivity (Wildman–Crippen MR) is 75.4 cm³/mol. The van der Waals surface area contributed by atoms with E-state index in [4.69, 9.17) is 0 Å². The maximum atomic E-state index is 14.3. The number of rotatable bonds is 1. The summed E-state index contributed by atoms with van der Waals surface area (Å²) in [7, 11) is 0. The highest BCUT2D eigenvalue weighted by Crippen LogP contribution is 2.39. The fourth-order valence-corrected chi connectivity index (χ4v) is 2.89. The van der Waals surface area contributed by atoms with Gasteiger partial charge in [-0.15, -0.1) is 0 Å². The van der Waals surface area contributed by atoms with E-state index in [2.05, 4.69) is 4.98 Å². The summed E-state index contributed by atoms with van der Waals surface area (Å²) in [6.07, 6.45) is -7.42. The van der Waals surface area contributed by atoms with Gasteiger partial charge in [-0.25, -0.2) is 4.39 Å². The highest BCUT2D eigenvalue weighted by molar-refractivity contribution is 5.55. The average molecular weight is 364 g/mol. The van der Waals surface area contributed by atoms with Gasteiger partial charge >= 0.3 is 12.4 Å². The molecule has 0 bridgehead atoms. The van der Waals surface area contributed by atoms with Crippen LogP contribution in [-0.2, 0) is 25.3 Å². The zero-order valence-electron chi connectivity index (χ0n) is 12.5. The van der Waals surface area contributed by atoms with Gasteiger partial charge in [0.25, 0.3) is 0 Å². The van der Waals surface area contributed by atoms with Crippen LogP contribution in [0.2, 0.25) is 0 Å². The van der Waals surface area contributed by atoms with Gasteiger partial charge in [-0.05, 0) is 24.1 Å². The molecule has 0 aliphatic carbocycles. The van der Waals surface area contributed by atoms with Crippen LogP contribution >= 0.6 is 0 Å². The van der Waals surface area contributed by atoms with Crippen molar-refractivity contribution in [2.45, 2.75) is 25.3 Å². The van der Waals surface area contributed by atoms with Crippen molar-refractivity contribution in [3.63, 3.8) is 0 Å². The van der Waals surface area contributed by atoms with Crippen molar-refractivity contribution in [3.05, 3.63) is 58.7 Å². The van der Waals surface area contributed by atoms with Crippen molar-refractivity contribution >= 4 is 5.69 Å². The third-order valence-electron chi connectivity index (χ3n) is 4.09. The summed E-state index contributed by atoms with van der Waals surface area (Å²) >= 11 is 0. The topological polar surface area (TPSA) is 16.1 Å². The quantitative estimate of drug-likeness (QED) is 0.675. The number of nitrogens with zero attached hydrogens (tertiary/aromatic N) is 2. The third-order valence-corrected chi connectivity index (χ3v) is 4.09. The zero-order valence-corrected chi connectivity index (χ0v) is 12.5. The van der Waals surface area contributed by atoms with Crippen LogP contribution in [0.3, 0.4) is 0 Å². The van der Waals surface area contributed by atoms with Gasteiger partial charge in [-0.1, -0.05) is 6.07 Å². The van der Waals surface area contributed by atoms with Crippen LogP contribution < -0.4 is 4.90 Å². The third kappa shape index (κ3) is 3.27. The minimum Gasteiger partial charge on any atom is -0.365 e. The summed E-state index contributed by atoms with van der Waals surface area (Å²) in [6, 6.07) is 2.62. The molecule has 1 aromatic carbocycles. The van der Waals surface area contributed by atoms with Gasteiger partial charge in [0.2, 0.25) is 0 Å². The lowest BCUT2D eigenvalue weighted by Gasteiger charge is -2.32. The number of fused-ring (bicyclic) bond motifs is 1. The summed E-state index contributed by atoms with van der Waals surface area (Å²) in [5.41, 5.74) is -2.54. The number of hydrogen-bond donors (Lipinski definition) is 0. The number of anilines is 1. The van der Waals surface area contributed by atoms with Gasteiger partial charge in [0.15, 0.2) is 0 Å². The van der Waals surface area contributed by atoms with E-state index in [1.807, 2.05) is 0 Å². The molecule has 1 aromatic heterocycles. The van der Waals surface area contributed by atoms with E-state index >= 15 is 0 Å². The van der Waals surface area contributed by atoms with Crippen molar-refractivity contribution < 1.29 is 30.7 Å². The Morgan fingerprint density at radius 2 is 1.60 bits per heavy atom. The molecule has 0 fully saturated rings. The first-order chi connectivity index (χ1) is 11.6. The van der Waals surface area contributed by atoms with Crippen LogP contribution in [0.5, 0.6) is 0 Å². The molecule has 2 aromatic rings. The van der Waals surface area contributed by atoms with E-state index in [-0.39, 0.29) is 30.8 Å². The number of pyridine rings is 1. The molecular weight excluding hydrogens is 353 g/mol. The Labute approximate surface area is 137 Å². The molecule has 2 nitrogen and oxygen atoms in total. The van der Waals surface area contributed by atoms with Crippen LogP contribution in [-0.4, -0.2) is 11.5 Å². The first kappa shape index (κ1) is 17.5. The van der Waals surface area contributed by atoms with Crippen LogP contribution in [0.4, 0.5) is 36.4 Å². The van der Waals surface area contributed by atoms with Crippen LogP contribution in [0, 0.1) is 5.82 Å². The summed E-state index contributed by atoms with van der Waals surface area (Å²) in [5.74, 6) is -1.44. The normalized spacial score (nSPS) is 15.2. The molecule has 0 saturated carbocycles. The molecule has 0 atom stereocenters. The molecular formula is C16H11F7N2. The minimum atomic E-state index is -4.87. The minimum absolute atomic E-state index is 0.118. The molecule has 0 radical (unpaired) electrons. The van der Waals surface area contributed by atoms with E-state index in [9.17, 15) is 30.7 Å². The lowest BCUT2D eigenvalue weighted by Crippen LogP contribution is -2.33. The highest BCUT2D eigenvalue weighted by Gasteiger charge is 2.38. The first-order valence-electron chi connectivity index (χ1n) is 7.22. The van der Waals surface area contributed by atoms with E-state index in [1.54, 1.807) is 0 Å². The molecule has 1 aliphatic rings. The van der Waals surface area contributed by atoms with E-state index in [0.29, 0.717) is 11.6 Å². The summed E-state index contributed by atoms with van der Waals surface area (Å²) in [4.78, 5) is 4.85. The van der Waals surface area contributed by atoms with Gasteiger partial charge in [0, 0.05) is 24.8 Å². The van der Waals surface area contributed by atoms with Gasteiger partial charge < -0.3 is 4.90 Å². The first-order valence-corrected chi connectivity index (χ1v) is 7.22. The molecule has 3 rings (SSSR count). The van der Waals surface area contributed by atoms with Gasteiger partial charge in [0.05, 0.1) is 23.0 Å². The Morgan fingerprint density at radius 3 is 2.24 bits per heavy atom. The smallest absolute Gasteiger partial charge is 0.365 e. The Kier molecular flexibility index (Phi) is 4.12. The fraction of sp³-hybridized carbons (Fsp3) is 0.312. The Balaban J connectivity index is 2.02. The molecule has 134 valence electrons. The molecule has 0 amide bonds. The lowest BCUT2D eigenvalue weighted by molar-refractivity contribution is -0.140. The van der Waals surface area contributed by atoms with Crippen molar-refractivity contribution in [3.8, 4) is 0 Å². The molecule has 0 unspecified atom stereocenters. The molecule has 9 heteroatoms. The predicted octanol–water partition coefficient (Wildman–Crippen LogP) is 4.82. The summed E-state index contributed by atoms with van der Waals surface area (Å²) < 4.78 is 92.2. The number of hydrogen-bond acceptors (Lipinski definition) is 2. The molecule has 0 saturated heterocycles. The Hall–Kier alpha value is -2.32. The standard InChI is InChI=1S/C16H11F7N2/c17-14-10-8-25(13-7-24-5-3-11(13)15(18,19)20)6-4-9(10)1-2-12(14)16(21,22)23/h1-3,5,7H,4,6,8H2. The second-order valence-electron chi connectivity index (χ2n) is 5.62. The zero-order chi connectivity index (χ0) is 18.4.